The van der Waals surface area contributed by atoms with Crippen molar-refractivity contribution in [1.82, 2.24) is 10.6 Å². The number of nitrogens with zero attached hydrogens (tertiary/aromatic N) is 2. The van der Waals surface area contributed by atoms with Gasteiger partial charge in [0, 0.05) is 18.2 Å². The van der Waals surface area contributed by atoms with Gasteiger partial charge in [-0.05, 0) is 30.5 Å². The Morgan fingerprint density at radius 2 is 2.00 bits per heavy atom. The summed E-state index contributed by atoms with van der Waals surface area (Å²) in [6.07, 6.45) is 6.43. The molecule has 0 saturated heterocycles. The van der Waals surface area contributed by atoms with E-state index in [0.717, 1.165) is 30.1 Å². The van der Waals surface area contributed by atoms with E-state index < -0.39 is 4.92 Å². The molecule has 0 spiro atoms. The predicted molar refractivity (Wildman–Crippen MR) is 95.2 cm³/mol. The number of guanidine groups is 1. The molecule has 25 heavy (non-hydrogen) atoms. The van der Waals surface area contributed by atoms with Gasteiger partial charge in [-0.25, -0.2) is 4.99 Å². The van der Waals surface area contributed by atoms with Crippen molar-refractivity contribution < 1.29 is 9.34 Å². The molecule has 0 aliphatic heterocycles. The van der Waals surface area contributed by atoms with E-state index in [-0.39, 0.29) is 5.69 Å². The van der Waals surface area contributed by atoms with Crippen molar-refractivity contribution in [3.05, 3.63) is 64.1 Å². The van der Waals surface area contributed by atoms with E-state index in [1.165, 1.54) is 25.0 Å². The average molecular weight is 342 g/mol. The van der Waals surface area contributed by atoms with Crippen LogP contribution < -0.4 is 10.6 Å². The maximum atomic E-state index is 10.7. The van der Waals surface area contributed by atoms with Gasteiger partial charge in [0.1, 0.15) is 5.76 Å². The van der Waals surface area contributed by atoms with Crippen LogP contribution in [0.1, 0.15) is 37.0 Å². The Labute approximate surface area is 146 Å². The summed E-state index contributed by atoms with van der Waals surface area (Å²) in [5.41, 5.74) is 1.02. The Morgan fingerprint density at radius 3 is 2.64 bits per heavy atom. The molecule has 2 aromatic rings. The second kappa shape index (κ2) is 8.32. The van der Waals surface area contributed by atoms with Crippen molar-refractivity contribution in [2.45, 2.75) is 44.8 Å². The summed E-state index contributed by atoms with van der Waals surface area (Å²) in [5.74, 6) is 1.58. The lowest BCUT2D eigenvalue weighted by Gasteiger charge is -2.17. The molecule has 1 aliphatic carbocycles. The number of aliphatic imine (C=N–C) groups is 1. The summed E-state index contributed by atoms with van der Waals surface area (Å²) < 4.78 is 5.34. The molecule has 1 fully saturated rings. The second-order valence-corrected chi connectivity index (χ2v) is 6.15. The third-order valence-corrected chi connectivity index (χ3v) is 4.27. The van der Waals surface area contributed by atoms with Crippen LogP contribution in [0.3, 0.4) is 0 Å². The van der Waals surface area contributed by atoms with E-state index in [9.17, 15) is 10.1 Å². The lowest BCUT2D eigenvalue weighted by Crippen LogP contribution is -2.42. The molecule has 1 aromatic carbocycles. The topological polar surface area (TPSA) is 92.7 Å². The fourth-order valence-corrected chi connectivity index (χ4v) is 2.89. The number of rotatable bonds is 6. The standard InChI is InChI=1S/C18H22N4O3/c23-22(24)16-9-7-14(8-10-16)12-19-18(21-15-4-1-2-5-15)20-13-17-6-3-11-25-17/h3,6-11,15H,1-2,4-5,12-13H2,(H2,19,20,21). The van der Waals surface area contributed by atoms with Crippen molar-refractivity contribution in [3.63, 3.8) is 0 Å². The Morgan fingerprint density at radius 1 is 1.24 bits per heavy atom. The highest BCUT2D eigenvalue weighted by Gasteiger charge is 2.16. The fourth-order valence-electron chi connectivity index (χ4n) is 2.89. The van der Waals surface area contributed by atoms with Crippen LogP contribution in [0.4, 0.5) is 5.69 Å². The minimum absolute atomic E-state index is 0.0907. The Bertz CT molecular complexity index is 704. The number of hydrogen-bond acceptors (Lipinski definition) is 4. The molecule has 0 bridgehead atoms. The van der Waals surface area contributed by atoms with Gasteiger partial charge in [-0.15, -0.1) is 0 Å². The number of nitro benzene ring substituents is 1. The first-order valence-electron chi connectivity index (χ1n) is 8.51. The van der Waals surface area contributed by atoms with Crippen LogP contribution in [0.2, 0.25) is 0 Å². The number of benzene rings is 1. The Balaban J connectivity index is 1.63. The minimum atomic E-state index is -0.398. The normalized spacial score (nSPS) is 15.3. The van der Waals surface area contributed by atoms with Crippen molar-refractivity contribution in [1.29, 1.82) is 0 Å². The summed E-state index contributed by atoms with van der Waals surface area (Å²) in [5, 5.41) is 17.5. The van der Waals surface area contributed by atoms with Gasteiger partial charge in [0.15, 0.2) is 5.96 Å². The molecule has 2 N–H and O–H groups in total. The van der Waals surface area contributed by atoms with E-state index in [0.29, 0.717) is 19.1 Å². The summed E-state index contributed by atoms with van der Waals surface area (Å²) in [6, 6.07) is 10.7. The van der Waals surface area contributed by atoms with Crippen molar-refractivity contribution in [2.24, 2.45) is 4.99 Å². The van der Waals surface area contributed by atoms with E-state index in [2.05, 4.69) is 15.6 Å². The zero-order valence-corrected chi connectivity index (χ0v) is 14.0. The van der Waals surface area contributed by atoms with Gasteiger partial charge in [-0.1, -0.05) is 25.0 Å². The number of hydrogen-bond donors (Lipinski definition) is 2. The minimum Gasteiger partial charge on any atom is -0.467 e. The molecule has 0 amide bonds. The van der Waals surface area contributed by atoms with E-state index in [4.69, 9.17) is 4.42 Å². The molecule has 0 radical (unpaired) electrons. The Hall–Kier alpha value is -2.83. The van der Waals surface area contributed by atoms with Crippen LogP contribution in [0.5, 0.6) is 0 Å². The molecule has 132 valence electrons. The second-order valence-electron chi connectivity index (χ2n) is 6.15. The number of nitrogens with one attached hydrogen (secondary N) is 2. The highest BCUT2D eigenvalue weighted by molar-refractivity contribution is 5.80. The Kier molecular flexibility index (Phi) is 5.66. The zero-order valence-electron chi connectivity index (χ0n) is 14.0. The van der Waals surface area contributed by atoms with Crippen LogP contribution >= 0.6 is 0 Å². The van der Waals surface area contributed by atoms with Gasteiger partial charge in [-0.3, -0.25) is 10.1 Å². The number of non-ortho nitro benzene ring substituents is 1. The van der Waals surface area contributed by atoms with Crippen LogP contribution in [-0.2, 0) is 13.1 Å². The molecule has 1 saturated carbocycles. The van der Waals surface area contributed by atoms with Crippen LogP contribution in [-0.4, -0.2) is 16.9 Å². The van der Waals surface area contributed by atoms with E-state index >= 15 is 0 Å². The third-order valence-electron chi connectivity index (χ3n) is 4.27. The molecular weight excluding hydrogens is 320 g/mol. The fraction of sp³-hybridized carbons (Fsp3) is 0.389. The van der Waals surface area contributed by atoms with Crippen LogP contribution in [0.15, 0.2) is 52.1 Å². The zero-order chi connectivity index (χ0) is 17.5. The van der Waals surface area contributed by atoms with E-state index in [1.54, 1.807) is 18.4 Å². The number of nitro groups is 1. The van der Waals surface area contributed by atoms with Gasteiger partial charge < -0.3 is 15.1 Å². The van der Waals surface area contributed by atoms with Crippen molar-refractivity contribution in [2.75, 3.05) is 0 Å². The largest absolute Gasteiger partial charge is 0.467 e. The first kappa shape index (κ1) is 17.0. The van der Waals surface area contributed by atoms with Crippen molar-refractivity contribution >= 4 is 11.6 Å². The van der Waals surface area contributed by atoms with Gasteiger partial charge in [0.2, 0.25) is 0 Å². The summed E-state index contributed by atoms with van der Waals surface area (Å²) >= 11 is 0. The maximum absolute atomic E-state index is 10.7. The lowest BCUT2D eigenvalue weighted by molar-refractivity contribution is -0.384. The van der Waals surface area contributed by atoms with Crippen molar-refractivity contribution in [3.8, 4) is 0 Å². The van der Waals surface area contributed by atoms with Gasteiger partial charge in [-0.2, -0.15) is 0 Å². The molecule has 1 heterocycles. The smallest absolute Gasteiger partial charge is 0.269 e. The molecule has 7 nitrogen and oxygen atoms in total. The molecule has 7 heteroatoms. The van der Waals surface area contributed by atoms with Crippen LogP contribution in [0, 0.1) is 10.1 Å². The molecule has 0 unspecified atom stereocenters. The predicted octanol–water partition coefficient (Wildman–Crippen LogP) is 3.37. The highest BCUT2D eigenvalue weighted by atomic mass is 16.6. The van der Waals surface area contributed by atoms with E-state index in [1.807, 2.05) is 12.1 Å². The first-order valence-corrected chi connectivity index (χ1v) is 8.51. The molecule has 0 atom stereocenters. The molecule has 3 rings (SSSR count). The monoisotopic (exact) mass is 342 g/mol. The third kappa shape index (κ3) is 5.07. The summed E-state index contributed by atoms with van der Waals surface area (Å²) in [6.45, 7) is 1.02. The first-order chi connectivity index (χ1) is 12.2. The molecular formula is C18H22N4O3. The SMILES string of the molecule is O=[N+]([O-])c1ccc(CN=C(NCc2ccco2)NC2CCCC2)cc1. The van der Waals surface area contributed by atoms with Gasteiger partial charge in [0.05, 0.1) is 24.3 Å². The summed E-state index contributed by atoms with van der Waals surface area (Å²) in [4.78, 5) is 14.9. The van der Waals surface area contributed by atoms with Gasteiger partial charge in [0.25, 0.3) is 5.69 Å². The quantitative estimate of drug-likeness (QED) is 0.363. The average Bonchev–Trinajstić information content (AvgIpc) is 3.31. The maximum Gasteiger partial charge on any atom is 0.269 e. The highest BCUT2D eigenvalue weighted by Crippen LogP contribution is 2.17. The van der Waals surface area contributed by atoms with Gasteiger partial charge >= 0.3 is 0 Å². The van der Waals surface area contributed by atoms with Crippen LogP contribution in [0.25, 0.3) is 0 Å². The molecule has 1 aromatic heterocycles. The summed E-state index contributed by atoms with van der Waals surface area (Å²) in [7, 11) is 0. The lowest BCUT2D eigenvalue weighted by atomic mass is 10.2. The number of furan rings is 1. The molecule has 1 aliphatic rings.